The molecule has 2 aromatic heterocycles. The Bertz CT molecular complexity index is 340. The van der Waals surface area contributed by atoms with E-state index in [1.807, 2.05) is 24.5 Å². The van der Waals surface area contributed by atoms with E-state index in [0.717, 1.165) is 0 Å². The van der Waals surface area contributed by atoms with E-state index in [-0.39, 0.29) is 5.56 Å². The summed E-state index contributed by atoms with van der Waals surface area (Å²) in [5.74, 6) is -0.942. The lowest BCUT2D eigenvalue weighted by atomic mass is 10.3. The number of H-pyrrole nitrogens is 1. The van der Waals surface area contributed by atoms with Crippen LogP contribution in [0.3, 0.4) is 0 Å². The second-order valence-electron chi connectivity index (χ2n) is 2.43. The Balaban J connectivity index is 0.000000165. The number of aromatic carboxylic acids is 1. The highest BCUT2D eigenvalue weighted by Crippen LogP contribution is 1.92. The molecule has 4 heteroatoms. The van der Waals surface area contributed by atoms with Gasteiger partial charge in [0.15, 0.2) is 0 Å². The van der Waals surface area contributed by atoms with E-state index in [1.165, 1.54) is 18.5 Å². The number of pyridine rings is 1. The molecular formula is C10H10N2O2. The predicted octanol–water partition coefficient (Wildman–Crippen LogP) is 1.79. The summed E-state index contributed by atoms with van der Waals surface area (Å²) in [4.78, 5) is 16.6. The molecule has 2 aromatic rings. The molecule has 0 radical (unpaired) electrons. The molecular weight excluding hydrogens is 180 g/mol. The molecule has 4 nitrogen and oxygen atoms in total. The number of nitrogens with zero attached hydrogens (tertiary/aromatic N) is 1. The van der Waals surface area contributed by atoms with Crippen molar-refractivity contribution in [2.24, 2.45) is 0 Å². The monoisotopic (exact) mass is 190 g/mol. The quantitative estimate of drug-likeness (QED) is 0.720. The fourth-order valence-corrected chi connectivity index (χ4v) is 0.767. The largest absolute Gasteiger partial charge is 0.478 e. The maximum Gasteiger partial charge on any atom is 0.337 e. The smallest absolute Gasteiger partial charge is 0.337 e. The summed E-state index contributed by atoms with van der Waals surface area (Å²) in [6, 6.07) is 6.97. The zero-order valence-corrected chi connectivity index (χ0v) is 7.42. The van der Waals surface area contributed by atoms with Crippen LogP contribution in [0.15, 0.2) is 49.1 Å². The maximum absolute atomic E-state index is 10.2. The molecule has 0 bridgehead atoms. The van der Waals surface area contributed by atoms with Gasteiger partial charge in [-0.15, -0.1) is 0 Å². The summed E-state index contributed by atoms with van der Waals surface area (Å²) in [6.07, 6.45) is 6.59. The van der Waals surface area contributed by atoms with E-state index in [1.54, 1.807) is 6.07 Å². The standard InChI is InChI=1S/C6H5NO2.C4H5N/c8-6(9)5-2-1-3-7-4-5;1-2-4-5-3-1/h1-4H,(H,8,9);1-5H. The fraction of sp³-hybridized carbons (Fsp3) is 0. The number of hydrogen-bond acceptors (Lipinski definition) is 2. The molecule has 0 saturated heterocycles. The van der Waals surface area contributed by atoms with Crippen molar-refractivity contribution in [3.63, 3.8) is 0 Å². The van der Waals surface area contributed by atoms with Crippen LogP contribution >= 0.6 is 0 Å². The number of aromatic amines is 1. The highest BCUT2D eigenvalue weighted by molar-refractivity contribution is 5.86. The van der Waals surface area contributed by atoms with E-state index in [0.29, 0.717) is 0 Å². The van der Waals surface area contributed by atoms with Crippen molar-refractivity contribution in [2.45, 2.75) is 0 Å². The summed E-state index contributed by atoms with van der Waals surface area (Å²) >= 11 is 0. The van der Waals surface area contributed by atoms with Gasteiger partial charge < -0.3 is 10.1 Å². The van der Waals surface area contributed by atoms with Crippen molar-refractivity contribution >= 4 is 5.97 Å². The normalized spacial score (nSPS) is 8.57. The average molecular weight is 190 g/mol. The van der Waals surface area contributed by atoms with Crippen molar-refractivity contribution in [3.8, 4) is 0 Å². The fourth-order valence-electron chi connectivity index (χ4n) is 0.767. The van der Waals surface area contributed by atoms with E-state index in [4.69, 9.17) is 5.11 Å². The molecule has 0 amide bonds. The zero-order chi connectivity index (χ0) is 10.2. The van der Waals surface area contributed by atoms with Crippen LogP contribution < -0.4 is 0 Å². The van der Waals surface area contributed by atoms with Crippen LogP contribution in [0.25, 0.3) is 0 Å². The van der Waals surface area contributed by atoms with Gasteiger partial charge in [-0.25, -0.2) is 4.79 Å². The van der Waals surface area contributed by atoms with Crippen LogP contribution in [-0.4, -0.2) is 21.0 Å². The summed E-state index contributed by atoms with van der Waals surface area (Å²) in [7, 11) is 0. The third kappa shape index (κ3) is 3.53. The molecule has 0 aliphatic heterocycles. The first-order valence-corrected chi connectivity index (χ1v) is 4.02. The highest BCUT2D eigenvalue weighted by atomic mass is 16.4. The Morgan fingerprint density at radius 1 is 1.29 bits per heavy atom. The SMILES string of the molecule is O=C(O)c1cccnc1.c1cc[nH]c1. The Kier molecular flexibility index (Phi) is 3.94. The third-order valence-corrected chi connectivity index (χ3v) is 1.40. The molecule has 0 atom stereocenters. The number of nitrogens with one attached hydrogen (secondary N) is 1. The van der Waals surface area contributed by atoms with Crippen molar-refractivity contribution in [2.75, 3.05) is 0 Å². The van der Waals surface area contributed by atoms with Crippen molar-refractivity contribution < 1.29 is 9.90 Å². The molecule has 0 saturated carbocycles. The first kappa shape index (κ1) is 9.98. The van der Waals surface area contributed by atoms with Gasteiger partial charge in [0, 0.05) is 24.8 Å². The van der Waals surface area contributed by atoms with Gasteiger partial charge in [-0.1, -0.05) is 0 Å². The van der Waals surface area contributed by atoms with Crippen molar-refractivity contribution in [1.82, 2.24) is 9.97 Å². The molecule has 2 rings (SSSR count). The van der Waals surface area contributed by atoms with Crippen molar-refractivity contribution in [3.05, 3.63) is 54.6 Å². The lowest BCUT2D eigenvalue weighted by molar-refractivity contribution is 0.0696. The Morgan fingerprint density at radius 3 is 2.29 bits per heavy atom. The minimum atomic E-state index is -0.942. The average Bonchev–Trinajstić information content (AvgIpc) is 2.77. The number of aromatic nitrogens is 2. The molecule has 72 valence electrons. The number of hydrogen-bond donors (Lipinski definition) is 2. The Hall–Kier alpha value is -2.10. The van der Waals surface area contributed by atoms with Gasteiger partial charge in [-0.05, 0) is 24.3 Å². The van der Waals surface area contributed by atoms with E-state index < -0.39 is 5.97 Å². The molecule has 2 N–H and O–H groups in total. The number of carbonyl (C=O) groups is 1. The van der Waals surface area contributed by atoms with Crippen LogP contribution in [0.2, 0.25) is 0 Å². The molecule has 0 aliphatic rings. The van der Waals surface area contributed by atoms with Gasteiger partial charge in [0.1, 0.15) is 0 Å². The van der Waals surface area contributed by atoms with Crippen molar-refractivity contribution in [1.29, 1.82) is 0 Å². The van der Waals surface area contributed by atoms with Gasteiger partial charge in [0.05, 0.1) is 5.56 Å². The van der Waals surface area contributed by atoms with Gasteiger partial charge in [-0.3, -0.25) is 4.98 Å². The predicted molar refractivity (Wildman–Crippen MR) is 52.0 cm³/mol. The number of carboxylic acid groups (broad SMARTS) is 1. The Morgan fingerprint density at radius 2 is 2.00 bits per heavy atom. The summed E-state index contributed by atoms with van der Waals surface area (Å²) in [5, 5.41) is 8.34. The summed E-state index contributed by atoms with van der Waals surface area (Å²) < 4.78 is 0. The van der Waals surface area contributed by atoms with Gasteiger partial charge >= 0.3 is 5.97 Å². The van der Waals surface area contributed by atoms with Crippen LogP contribution in [0.1, 0.15) is 10.4 Å². The molecule has 0 spiro atoms. The van der Waals surface area contributed by atoms with E-state index >= 15 is 0 Å². The lowest BCUT2D eigenvalue weighted by Gasteiger charge is -1.87. The van der Waals surface area contributed by atoms with Crippen LogP contribution in [0, 0.1) is 0 Å². The van der Waals surface area contributed by atoms with Gasteiger partial charge in [-0.2, -0.15) is 0 Å². The van der Waals surface area contributed by atoms with Gasteiger partial charge in [0.2, 0.25) is 0 Å². The molecule has 14 heavy (non-hydrogen) atoms. The second kappa shape index (κ2) is 5.53. The minimum absolute atomic E-state index is 0.220. The van der Waals surface area contributed by atoms with E-state index in [9.17, 15) is 4.79 Å². The van der Waals surface area contributed by atoms with Crippen LogP contribution in [0.5, 0.6) is 0 Å². The minimum Gasteiger partial charge on any atom is -0.478 e. The molecule has 0 aliphatic carbocycles. The second-order valence-corrected chi connectivity index (χ2v) is 2.43. The molecule has 0 aromatic carbocycles. The molecule has 0 fully saturated rings. The maximum atomic E-state index is 10.2. The number of rotatable bonds is 1. The van der Waals surface area contributed by atoms with E-state index in [2.05, 4.69) is 9.97 Å². The number of carboxylic acids is 1. The van der Waals surface area contributed by atoms with Crippen LogP contribution in [-0.2, 0) is 0 Å². The van der Waals surface area contributed by atoms with Crippen LogP contribution in [0.4, 0.5) is 0 Å². The lowest BCUT2D eigenvalue weighted by Crippen LogP contribution is -1.94. The topological polar surface area (TPSA) is 66.0 Å². The Labute approximate surface area is 81.2 Å². The third-order valence-electron chi connectivity index (χ3n) is 1.40. The first-order chi connectivity index (χ1) is 6.80. The zero-order valence-electron chi connectivity index (χ0n) is 7.42. The summed E-state index contributed by atoms with van der Waals surface area (Å²) in [6.45, 7) is 0. The molecule has 0 unspecified atom stereocenters. The molecule has 2 heterocycles. The van der Waals surface area contributed by atoms with Gasteiger partial charge in [0.25, 0.3) is 0 Å². The highest BCUT2D eigenvalue weighted by Gasteiger charge is 1.97. The summed E-state index contributed by atoms with van der Waals surface area (Å²) in [5.41, 5.74) is 0.220. The first-order valence-electron chi connectivity index (χ1n) is 4.02.